The van der Waals surface area contributed by atoms with Crippen molar-refractivity contribution in [1.29, 1.82) is 0 Å². The van der Waals surface area contributed by atoms with E-state index in [0.717, 1.165) is 23.3 Å². The number of halogens is 1. The molecule has 1 atom stereocenters. The van der Waals surface area contributed by atoms with Crippen LogP contribution in [0.25, 0.3) is 11.1 Å². The van der Waals surface area contributed by atoms with Gasteiger partial charge in [-0.15, -0.1) is 0 Å². The Labute approximate surface area is 183 Å². The van der Waals surface area contributed by atoms with Crippen molar-refractivity contribution in [1.82, 2.24) is 10.3 Å². The molecule has 0 radical (unpaired) electrons. The van der Waals surface area contributed by atoms with Crippen LogP contribution in [-0.2, 0) is 0 Å². The van der Waals surface area contributed by atoms with Crippen LogP contribution in [0.3, 0.4) is 0 Å². The van der Waals surface area contributed by atoms with Gasteiger partial charge in [-0.1, -0.05) is 45.0 Å². The van der Waals surface area contributed by atoms with Crippen LogP contribution in [0.5, 0.6) is 11.5 Å². The third kappa shape index (κ3) is 5.18. The molecule has 0 aliphatic heterocycles. The molecule has 32 heavy (non-hydrogen) atoms. The van der Waals surface area contributed by atoms with Gasteiger partial charge < -0.3 is 15.2 Å². The van der Waals surface area contributed by atoms with Gasteiger partial charge in [0.05, 0.1) is 17.0 Å². The van der Waals surface area contributed by atoms with Crippen molar-refractivity contribution in [2.75, 3.05) is 0 Å². The Kier molecular flexibility index (Phi) is 6.38. The fourth-order valence-electron chi connectivity index (χ4n) is 3.27. The molecular formula is C23H22FN3O5. The van der Waals surface area contributed by atoms with Gasteiger partial charge in [-0.3, -0.25) is 15.1 Å². The summed E-state index contributed by atoms with van der Waals surface area (Å²) >= 11 is 0. The summed E-state index contributed by atoms with van der Waals surface area (Å²) in [5, 5.41) is 22.5. The van der Waals surface area contributed by atoms with E-state index < -0.39 is 22.9 Å². The Balaban J connectivity index is 1.92. The highest BCUT2D eigenvalue weighted by atomic mass is 19.1. The van der Waals surface area contributed by atoms with Gasteiger partial charge in [0.15, 0.2) is 11.6 Å². The summed E-state index contributed by atoms with van der Waals surface area (Å²) in [7, 11) is 0. The summed E-state index contributed by atoms with van der Waals surface area (Å²) in [5.74, 6) is -0.695. The van der Waals surface area contributed by atoms with Crippen LogP contribution in [0.15, 0.2) is 60.9 Å². The van der Waals surface area contributed by atoms with Crippen molar-refractivity contribution in [3.8, 4) is 22.6 Å². The van der Waals surface area contributed by atoms with E-state index in [4.69, 9.17) is 4.74 Å². The Bertz CT molecular complexity index is 1140. The summed E-state index contributed by atoms with van der Waals surface area (Å²) in [4.78, 5) is 25.5. The molecule has 9 heteroatoms. The number of nitrogens with one attached hydrogen (secondary N) is 1. The second-order valence-corrected chi connectivity index (χ2v) is 8.22. The highest BCUT2D eigenvalue weighted by Crippen LogP contribution is 2.37. The number of hydrogen-bond acceptors (Lipinski definition) is 5. The summed E-state index contributed by atoms with van der Waals surface area (Å²) < 4.78 is 20.0. The highest BCUT2D eigenvalue weighted by Gasteiger charge is 2.28. The maximum absolute atomic E-state index is 14.3. The number of hydrogen-bond donors (Lipinski definition) is 2. The zero-order valence-corrected chi connectivity index (χ0v) is 17.7. The van der Waals surface area contributed by atoms with E-state index in [1.165, 1.54) is 12.3 Å². The topological polar surface area (TPSA) is 115 Å². The van der Waals surface area contributed by atoms with Gasteiger partial charge in [0.2, 0.25) is 0 Å². The molecule has 166 valence electrons. The largest absolute Gasteiger partial charge is 0.465 e. The molecule has 1 unspecified atom stereocenters. The predicted molar refractivity (Wildman–Crippen MR) is 116 cm³/mol. The SMILES string of the molecule is CC(C)(C)C(NC(=O)O)c1ccc(-c2cnccc2Oc2ccc([N+](=O)[O-])cc2F)cc1. The maximum Gasteiger partial charge on any atom is 0.405 e. The second-order valence-electron chi connectivity index (χ2n) is 8.22. The van der Waals surface area contributed by atoms with Crippen molar-refractivity contribution in [3.63, 3.8) is 0 Å². The number of carboxylic acid groups (broad SMARTS) is 1. The van der Waals surface area contributed by atoms with Crippen LogP contribution in [0.2, 0.25) is 0 Å². The van der Waals surface area contributed by atoms with Crippen molar-refractivity contribution in [2.45, 2.75) is 26.8 Å². The van der Waals surface area contributed by atoms with Gasteiger partial charge in [-0.2, -0.15) is 0 Å². The molecule has 0 spiro atoms. The van der Waals surface area contributed by atoms with Gasteiger partial charge in [-0.25, -0.2) is 9.18 Å². The third-order valence-electron chi connectivity index (χ3n) is 4.82. The van der Waals surface area contributed by atoms with Gasteiger partial charge in [-0.05, 0) is 28.7 Å². The second kappa shape index (κ2) is 9.01. The van der Waals surface area contributed by atoms with Gasteiger partial charge in [0.25, 0.3) is 5.69 Å². The van der Waals surface area contributed by atoms with Crippen LogP contribution in [0.1, 0.15) is 32.4 Å². The fraction of sp³-hybridized carbons (Fsp3) is 0.217. The average molecular weight is 439 g/mol. The molecule has 0 bridgehead atoms. The van der Waals surface area contributed by atoms with Gasteiger partial charge in [0, 0.05) is 24.0 Å². The van der Waals surface area contributed by atoms with E-state index in [1.54, 1.807) is 24.4 Å². The molecule has 8 nitrogen and oxygen atoms in total. The minimum absolute atomic E-state index is 0.155. The lowest BCUT2D eigenvalue weighted by molar-refractivity contribution is -0.385. The van der Waals surface area contributed by atoms with Crippen molar-refractivity contribution < 1.29 is 24.0 Å². The molecule has 2 N–H and O–H groups in total. The molecule has 1 aromatic heterocycles. The Morgan fingerprint density at radius 2 is 1.84 bits per heavy atom. The number of rotatable bonds is 6. The lowest BCUT2D eigenvalue weighted by Gasteiger charge is -2.31. The monoisotopic (exact) mass is 439 g/mol. The molecule has 2 aromatic carbocycles. The lowest BCUT2D eigenvalue weighted by Crippen LogP contribution is -2.35. The Morgan fingerprint density at radius 1 is 1.16 bits per heavy atom. The van der Waals surface area contributed by atoms with Gasteiger partial charge in [0.1, 0.15) is 5.75 Å². The Morgan fingerprint density at radius 3 is 2.41 bits per heavy atom. The van der Waals surface area contributed by atoms with Crippen molar-refractivity contribution >= 4 is 11.8 Å². The number of non-ortho nitro benzene ring substituents is 1. The Hall–Kier alpha value is -4.01. The zero-order chi connectivity index (χ0) is 23.5. The summed E-state index contributed by atoms with van der Waals surface area (Å²) in [6, 6.07) is 11.5. The van der Waals surface area contributed by atoms with Gasteiger partial charge >= 0.3 is 6.09 Å². The van der Waals surface area contributed by atoms with E-state index in [1.807, 2.05) is 32.9 Å². The number of carbonyl (C=O) groups is 1. The molecule has 0 aliphatic carbocycles. The molecule has 0 saturated carbocycles. The molecule has 0 saturated heterocycles. The average Bonchev–Trinajstić information content (AvgIpc) is 2.73. The van der Waals surface area contributed by atoms with Crippen molar-refractivity contribution in [2.24, 2.45) is 5.41 Å². The van der Waals surface area contributed by atoms with E-state index in [2.05, 4.69) is 10.3 Å². The summed E-state index contributed by atoms with van der Waals surface area (Å²) in [6.45, 7) is 5.81. The number of aromatic nitrogens is 1. The fourth-order valence-corrected chi connectivity index (χ4v) is 3.27. The number of pyridine rings is 1. The van der Waals surface area contributed by atoms with Crippen LogP contribution < -0.4 is 10.1 Å². The minimum Gasteiger partial charge on any atom is -0.465 e. The third-order valence-corrected chi connectivity index (χ3v) is 4.82. The van der Waals surface area contributed by atoms with Crippen LogP contribution >= 0.6 is 0 Å². The number of ether oxygens (including phenoxy) is 1. The first-order valence-corrected chi connectivity index (χ1v) is 9.72. The van der Waals surface area contributed by atoms with E-state index in [-0.39, 0.29) is 16.9 Å². The first-order chi connectivity index (χ1) is 15.1. The minimum atomic E-state index is -1.11. The lowest BCUT2D eigenvalue weighted by atomic mass is 9.82. The number of nitro groups is 1. The number of benzene rings is 2. The first kappa shape index (κ1) is 22.7. The number of nitrogens with zero attached hydrogens (tertiary/aromatic N) is 2. The summed E-state index contributed by atoms with van der Waals surface area (Å²) in [6.07, 6.45) is 1.94. The number of amides is 1. The normalized spacial score (nSPS) is 12.1. The quantitative estimate of drug-likeness (QED) is 0.363. The van der Waals surface area contributed by atoms with Crippen LogP contribution in [0.4, 0.5) is 14.9 Å². The molecule has 0 fully saturated rings. The molecule has 3 aromatic rings. The smallest absolute Gasteiger partial charge is 0.405 e. The maximum atomic E-state index is 14.3. The molecule has 1 heterocycles. The molecular weight excluding hydrogens is 417 g/mol. The summed E-state index contributed by atoms with van der Waals surface area (Å²) in [5.41, 5.74) is 1.37. The number of nitro benzene ring substituents is 1. The molecule has 3 rings (SSSR count). The molecule has 1 amide bonds. The van der Waals surface area contributed by atoms with Crippen LogP contribution in [-0.4, -0.2) is 21.1 Å². The van der Waals surface area contributed by atoms with E-state index in [9.17, 15) is 24.4 Å². The molecule has 0 aliphatic rings. The van der Waals surface area contributed by atoms with Crippen LogP contribution in [0, 0.1) is 21.3 Å². The van der Waals surface area contributed by atoms with E-state index >= 15 is 0 Å². The zero-order valence-electron chi connectivity index (χ0n) is 17.7. The van der Waals surface area contributed by atoms with Crippen molar-refractivity contribution in [3.05, 3.63) is 82.4 Å². The first-order valence-electron chi connectivity index (χ1n) is 9.72. The standard InChI is InChI=1S/C23H22FN3O5/c1-23(2,3)21(26-22(28)29)15-6-4-14(5-7-15)17-13-25-11-10-19(17)32-20-9-8-16(27(30)31)12-18(20)24/h4-13,21,26H,1-3H3,(H,28,29). The highest BCUT2D eigenvalue weighted by molar-refractivity contribution is 5.70. The van der Waals surface area contributed by atoms with E-state index in [0.29, 0.717) is 11.3 Å². The predicted octanol–water partition coefficient (Wildman–Crippen LogP) is 5.94.